The van der Waals surface area contributed by atoms with E-state index in [1.807, 2.05) is 6.92 Å². The van der Waals surface area contributed by atoms with Gasteiger partial charge in [-0.3, -0.25) is 0 Å². The fourth-order valence-corrected chi connectivity index (χ4v) is 0.339. The van der Waals surface area contributed by atoms with Crippen molar-refractivity contribution in [2.24, 2.45) is 0 Å². The molecule has 0 aromatic rings. The van der Waals surface area contributed by atoms with Gasteiger partial charge in [-0.05, 0) is 6.92 Å². The number of rotatable bonds is 3. The maximum Gasteiger partial charge on any atom is 0.107 e. The van der Waals surface area contributed by atoms with E-state index in [-0.39, 0.29) is 0 Å². The van der Waals surface area contributed by atoms with Gasteiger partial charge in [0.15, 0.2) is 0 Å². The molecule has 9 heavy (non-hydrogen) atoms. The summed E-state index contributed by atoms with van der Waals surface area (Å²) in [5.74, 6) is 5.65. The second kappa shape index (κ2) is 7.48. The second-order valence-corrected chi connectivity index (χ2v) is 1.47. The molecule has 0 rings (SSSR count). The van der Waals surface area contributed by atoms with E-state index in [1.165, 1.54) is 0 Å². The highest BCUT2D eigenvalue weighted by Gasteiger charge is 1.72. The first-order valence-corrected chi connectivity index (χ1v) is 3.01. The van der Waals surface area contributed by atoms with Crippen LogP contribution in [0.1, 0.15) is 6.92 Å². The number of nitrogens with zero attached hydrogens (tertiary/aromatic N) is 1. The first-order chi connectivity index (χ1) is 4.41. The summed E-state index contributed by atoms with van der Waals surface area (Å²) in [5.41, 5.74) is 0. The van der Waals surface area contributed by atoms with Gasteiger partial charge in [0.05, 0.1) is 6.54 Å². The summed E-state index contributed by atoms with van der Waals surface area (Å²) < 4.78 is 4.96. The summed E-state index contributed by atoms with van der Waals surface area (Å²) in [5, 5.41) is 3.80. The molecule has 0 aliphatic carbocycles. The maximum absolute atomic E-state index is 4.96. The van der Waals surface area contributed by atoms with Gasteiger partial charge in [-0.25, -0.2) is 5.32 Å². The molecule has 0 saturated carbocycles. The van der Waals surface area contributed by atoms with Gasteiger partial charge >= 0.3 is 0 Å². The molecule has 0 spiro atoms. The molecule has 0 aliphatic heterocycles. The van der Waals surface area contributed by atoms with Crippen LogP contribution in [0.25, 0.3) is 0 Å². The average Bonchev–Trinajstić information content (AvgIpc) is 1.89. The minimum Gasteiger partial charge on any atom is -0.369 e. The SMILES string of the molecule is CCOCC#CC[N]C. The van der Waals surface area contributed by atoms with E-state index in [1.54, 1.807) is 7.05 Å². The Bertz CT molecular complexity index is 101. The van der Waals surface area contributed by atoms with Crippen LogP contribution < -0.4 is 5.32 Å². The van der Waals surface area contributed by atoms with E-state index in [0.29, 0.717) is 13.2 Å². The Kier molecular flexibility index (Phi) is 7.05. The van der Waals surface area contributed by atoms with Crippen LogP contribution >= 0.6 is 0 Å². The van der Waals surface area contributed by atoms with Crippen molar-refractivity contribution in [3.8, 4) is 11.8 Å². The summed E-state index contributed by atoms with van der Waals surface area (Å²) in [6, 6.07) is 0. The van der Waals surface area contributed by atoms with E-state index in [9.17, 15) is 0 Å². The summed E-state index contributed by atoms with van der Waals surface area (Å²) in [4.78, 5) is 0. The van der Waals surface area contributed by atoms with Crippen LogP contribution in [0, 0.1) is 11.8 Å². The van der Waals surface area contributed by atoms with Crippen molar-refractivity contribution in [1.29, 1.82) is 0 Å². The number of ether oxygens (including phenoxy) is 1. The molecule has 0 aliphatic rings. The lowest BCUT2D eigenvalue weighted by Crippen LogP contribution is -1.96. The monoisotopic (exact) mass is 126 g/mol. The molecule has 0 unspecified atom stereocenters. The van der Waals surface area contributed by atoms with Crippen molar-refractivity contribution in [3.05, 3.63) is 0 Å². The lowest BCUT2D eigenvalue weighted by atomic mass is 10.6. The van der Waals surface area contributed by atoms with Gasteiger partial charge in [0.1, 0.15) is 6.61 Å². The van der Waals surface area contributed by atoms with Gasteiger partial charge in [0.25, 0.3) is 0 Å². The van der Waals surface area contributed by atoms with Crippen molar-refractivity contribution in [3.63, 3.8) is 0 Å². The average molecular weight is 126 g/mol. The molecular formula is C7H12NO. The highest BCUT2D eigenvalue weighted by molar-refractivity contribution is 5.00. The van der Waals surface area contributed by atoms with Gasteiger partial charge in [-0.15, -0.1) is 0 Å². The zero-order valence-electron chi connectivity index (χ0n) is 5.98. The van der Waals surface area contributed by atoms with Crippen molar-refractivity contribution in [1.82, 2.24) is 5.32 Å². The Morgan fingerprint density at radius 2 is 2.22 bits per heavy atom. The molecule has 0 saturated heterocycles. The van der Waals surface area contributed by atoms with Crippen LogP contribution in [0.5, 0.6) is 0 Å². The van der Waals surface area contributed by atoms with E-state index in [0.717, 1.165) is 6.61 Å². The van der Waals surface area contributed by atoms with Crippen LogP contribution in [0.2, 0.25) is 0 Å². The van der Waals surface area contributed by atoms with Crippen molar-refractivity contribution in [2.75, 3.05) is 26.8 Å². The summed E-state index contributed by atoms with van der Waals surface area (Å²) in [7, 11) is 1.75. The third kappa shape index (κ3) is 7.48. The highest BCUT2D eigenvalue weighted by Crippen LogP contribution is 1.67. The molecule has 1 radical (unpaired) electrons. The van der Waals surface area contributed by atoms with Crippen molar-refractivity contribution < 1.29 is 4.74 Å². The maximum atomic E-state index is 4.96. The molecule has 0 fully saturated rings. The van der Waals surface area contributed by atoms with E-state index < -0.39 is 0 Å². The fourth-order valence-electron chi connectivity index (χ4n) is 0.339. The summed E-state index contributed by atoms with van der Waals surface area (Å²) in [6.07, 6.45) is 0. The van der Waals surface area contributed by atoms with Crippen LogP contribution in [0.4, 0.5) is 0 Å². The Hall–Kier alpha value is -0.520. The predicted molar refractivity (Wildman–Crippen MR) is 37.2 cm³/mol. The first kappa shape index (κ1) is 8.48. The summed E-state index contributed by atoms with van der Waals surface area (Å²) >= 11 is 0. The molecule has 51 valence electrons. The van der Waals surface area contributed by atoms with E-state index in [4.69, 9.17) is 4.74 Å². The molecule has 0 bridgehead atoms. The number of hydrogen-bond acceptors (Lipinski definition) is 1. The minimum absolute atomic E-state index is 0.534. The van der Waals surface area contributed by atoms with Gasteiger partial charge in [-0.2, -0.15) is 0 Å². The van der Waals surface area contributed by atoms with E-state index >= 15 is 0 Å². The smallest absolute Gasteiger partial charge is 0.107 e. The van der Waals surface area contributed by atoms with Gasteiger partial charge in [0.2, 0.25) is 0 Å². The Morgan fingerprint density at radius 3 is 2.78 bits per heavy atom. The van der Waals surface area contributed by atoms with Gasteiger partial charge in [-0.1, -0.05) is 11.8 Å². The normalized spacial score (nSPS) is 8.22. The Morgan fingerprint density at radius 1 is 1.44 bits per heavy atom. The third-order valence-electron chi connectivity index (χ3n) is 0.741. The lowest BCUT2D eigenvalue weighted by Gasteiger charge is -1.88. The fraction of sp³-hybridized carbons (Fsp3) is 0.714. The first-order valence-electron chi connectivity index (χ1n) is 3.01. The second-order valence-electron chi connectivity index (χ2n) is 1.47. The largest absolute Gasteiger partial charge is 0.369 e. The van der Waals surface area contributed by atoms with E-state index in [2.05, 4.69) is 17.2 Å². The zero-order chi connectivity index (χ0) is 6.95. The Balaban J connectivity index is 2.96. The molecule has 0 N–H and O–H groups in total. The zero-order valence-corrected chi connectivity index (χ0v) is 5.98. The highest BCUT2D eigenvalue weighted by atomic mass is 16.5. The number of hydrogen-bond donors (Lipinski definition) is 0. The van der Waals surface area contributed by atoms with Crippen LogP contribution in [0.15, 0.2) is 0 Å². The molecule has 0 heterocycles. The topological polar surface area (TPSA) is 23.3 Å². The summed E-state index contributed by atoms with van der Waals surface area (Å²) in [6.45, 7) is 3.84. The molecule has 0 amide bonds. The Labute approximate surface area is 56.6 Å². The van der Waals surface area contributed by atoms with Crippen LogP contribution in [-0.4, -0.2) is 26.8 Å². The molecule has 0 atom stereocenters. The molecule has 2 nitrogen and oxygen atoms in total. The van der Waals surface area contributed by atoms with Crippen molar-refractivity contribution in [2.45, 2.75) is 6.92 Å². The molecule has 0 aromatic carbocycles. The quantitative estimate of drug-likeness (QED) is 0.393. The van der Waals surface area contributed by atoms with Crippen LogP contribution in [0.3, 0.4) is 0 Å². The molecule has 0 aromatic heterocycles. The lowest BCUT2D eigenvalue weighted by molar-refractivity contribution is 0.182. The predicted octanol–water partition coefficient (Wildman–Crippen LogP) is 0.260. The van der Waals surface area contributed by atoms with Crippen molar-refractivity contribution >= 4 is 0 Å². The molecule has 2 heteroatoms. The molecular weight excluding hydrogens is 114 g/mol. The van der Waals surface area contributed by atoms with Crippen LogP contribution in [-0.2, 0) is 4.74 Å². The van der Waals surface area contributed by atoms with Gasteiger partial charge < -0.3 is 4.74 Å². The van der Waals surface area contributed by atoms with Gasteiger partial charge in [0, 0.05) is 13.7 Å². The third-order valence-corrected chi connectivity index (χ3v) is 0.741. The minimum atomic E-state index is 0.534. The standard InChI is InChI=1S/C7H12NO/c1-3-9-7-5-4-6-8-2/h3,6-7H2,1-2H3.